The van der Waals surface area contributed by atoms with Crippen molar-refractivity contribution in [1.82, 2.24) is 4.98 Å². The Bertz CT molecular complexity index is 517. The summed E-state index contributed by atoms with van der Waals surface area (Å²) in [5.41, 5.74) is 0.927. The molecular weight excluding hydrogens is 355 g/mol. The van der Waals surface area contributed by atoms with Crippen molar-refractivity contribution in [3.63, 3.8) is 0 Å². The van der Waals surface area contributed by atoms with Crippen LogP contribution in [-0.4, -0.2) is 4.98 Å². The van der Waals surface area contributed by atoms with Gasteiger partial charge in [-0.25, -0.2) is 4.98 Å². The van der Waals surface area contributed by atoms with E-state index in [-0.39, 0.29) is 0 Å². The Hall–Kier alpha value is -0.580. The number of rotatable bonds is 2. The van der Waals surface area contributed by atoms with Gasteiger partial charge in [0.05, 0.1) is 9.50 Å². The number of pyridine rings is 1. The molecule has 82 valence electrons. The van der Waals surface area contributed by atoms with Crippen LogP contribution in [0.1, 0.15) is 0 Å². The van der Waals surface area contributed by atoms with Gasteiger partial charge in [-0.3, -0.25) is 0 Å². The SMILES string of the molecule is Clc1ccc(Nc2ncccc2Br)cc1Br. The van der Waals surface area contributed by atoms with E-state index >= 15 is 0 Å². The molecule has 1 aromatic heterocycles. The molecule has 5 heteroatoms. The third kappa shape index (κ3) is 2.75. The Kier molecular flexibility index (Phi) is 3.84. The van der Waals surface area contributed by atoms with E-state index in [9.17, 15) is 0 Å². The van der Waals surface area contributed by atoms with Gasteiger partial charge in [0.25, 0.3) is 0 Å². The topological polar surface area (TPSA) is 24.9 Å². The number of nitrogens with one attached hydrogen (secondary N) is 1. The molecule has 16 heavy (non-hydrogen) atoms. The number of halogens is 3. The molecule has 0 atom stereocenters. The van der Waals surface area contributed by atoms with Crippen LogP contribution in [0.2, 0.25) is 5.02 Å². The van der Waals surface area contributed by atoms with Gasteiger partial charge >= 0.3 is 0 Å². The van der Waals surface area contributed by atoms with Gasteiger partial charge in [0.15, 0.2) is 0 Å². The van der Waals surface area contributed by atoms with Crippen molar-refractivity contribution < 1.29 is 0 Å². The van der Waals surface area contributed by atoms with Crippen molar-refractivity contribution in [2.24, 2.45) is 0 Å². The van der Waals surface area contributed by atoms with Gasteiger partial charge in [-0.2, -0.15) is 0 Å². The normalized spacial score (nSPS) is 10.2. The molecule has 1 heterocycles. The second kappa shape index (κ2) is 5.17. The average molecular weight is 362 g/mol. The zero-order chi connectivity index (χ0) is 11.5. The molecule has 2 nitrogen and oxygen atoms in total. The van der Waals surface area contributed by atoms with Crippen LogP contribution in [0.3, 0.4) is 0 Å². The van der Waals surface area contributed by atoms with E-state index in [1.54, 1.807) is 6.20 Å². The minimum atomic E-state index is 0.686. The van der Waals surface area contributed by atoms with Crippen molar-refractivity contribution in [1.29, 1.82) is 0 Å². The van der Waals surface area contributed by atoms with E-state index in [0.717, 1.165) is 20.5 Å². The molecule has 0 aliphatic heterocycles. The minimum absolute atomic E-state index is 0.686. The van der Waals surface area contributed by atoms with Crippen LogP contribution >= 0.6 is 43.5 Å². The standard InChI is InChI=1S/C11H7Br2ClN2/c12-8-2-1-5-15-11(8)16-7-3-4-10(14)9(13)6-7/h1-6H,(H,15,16). The third-order valence-electron chi connectivity index (χ3n) is 1.94. The van der Waals surface area contributed by atoms with Gasteiger partial charge < -0.3 is 5.32 Å². The molecule has 1 N–H and O–H groups in total. The molecule has 0 amide bonds. The lowest BCUT2D eigenvalue weighted by molar-refractivity contribution is 1.29. The quantitative estimate of drug-likeness (QED) is 0.813. The van der Waals surface area contributed by atoms with Crippen LogP contribution in [0.25, 0.3) is 0 Å². The molecule has 0 aliphatic rings. The van der Waals surface area contributed by atoms with Crippen LogP contribution in [0.15, 0.2) is 45.5 Å². The predicted molar refractivity (Wildman–Crippen MR) is 74.4 cm³/mol. The largest absolute Gasteiger partial charge is 0.339 e. The van der Waals surface area contributed by atoms with Gasteiger partial charge in [-0.05, 0) is 62.2 Å². The second-order valence-electron chi connectivity index (χ2n) is 3.09. The van der Waals surface area contributed by atoms with Crippen molar-refractivity contribution in [3.8, 4) is 0 Å². The summed E-state index contributed by atoms with van der Waals surface area (Å²) in [6.07, 6.45) is 1.73. The molecule has 0 radical (unpaired) electrons. The monoisotopic (exact) mass is 360 g/mol. The number of benzene rings is 1. The molecule has 2 aromatic rings. The summed E-state index contributed by atoms with van der Waals surface area (Å²) in [4.78, 5) is 4.22. The second-order valence-corrected chi connectivity index (χ2v) is 5.20. The summed E-state index contributed by atoms with van der Waals surface area (Å²) in [5, 5.41) is 3.88. The Balaban J connectivity index is 2.28. The maximum Gasteiger partial charge on any atom is 0.144 e. The molecule has 0 saturated heterocycles. The van der Waals surface area contributed by atoms with E-state index in [4.69, 9.17) is 11.6 Å². The Morgan fingerprint density at radius 2 is 1.94 bits per heavy atom. The Labute approximate surface area is 115 Å². The van der Waals surface area contributed by atoms with Crippen molar-refractivity contribution in [2.75, 3.05) is 5.32 Å². The van der Waals surface area contributed by atoms with Gasteiger partial charge in [0.2, 0.25) is 0 Å². The Morgan fingerprint density at radius 1 is 1.12 bits per heavy atom. The smallest absolute Gasteiger partial charge is 0.144 e. The number of anilines is 2. The summed E-state index contributed by atoms with van der Waals surface area (Å²) < 4.78 is 1.77. The molecule has 0 saturated carbocycles. The Morgan fingerprint density at radius 3 is 2.62 bits per heavy atom. The molecule has 0 fully saturated rings. The number of hydrogen-bond acceptors (Lipinski definition) is 2. The predicted octanol–water partition coefficient (Wildman–Crippen LogP) is 5.00. The van der Waals surface area contributed by atoms with Crippen LogP contribution < -0.4 is 5.32 Å². The van der Waals surface area contributed by atoms with Crippen LogP contribution in [0.4, 0.5) is 11.5 Å². The first-order valence-corrected chi connectivity index (χ1v) is 6.46. The number of nitrogens with zero attached hydrogens (tertiary/aromatic N) is 1. The first kappa shape index (κ1) is 11.9. The lowest BCUT2D eigenvalue weighted by Crippen LogP contribution is -1.93. The minimum Gasteiger partial charge on any atom is -0.339 e. The third-order valence-corrected chi connectivity index (χ3v) is 3.79. The molecule has 1 aromatic carbocycles. The summed E-state index contributed by atoms with van der Waals surface area (Å²) in [6, 6.07) is 9.43. The summed E-state index contributed by atoms with van der Waals surface area (Å²) in [6.45, 7) is 0. The van der Waals surface area contributed by atoms with E-state index < -0.39 is 0 Å². The summed E-state index contributed by atoms with van der Waals surface area (Å²) in [5.74, 6) is 0.775. The van der Waals surface area contributed by atoms with E-state index in [1.807, 2.05) is 30.3 Å². The molecule has 0 aliphatic carbocycles. The molecule has 0 bridgehead atoms. The zero-order valence-electron chi connectivity index (χ0n) is 8.05. The average Bonchev–Trinajstić information content (AvgIpc) is 2.27. The molecule has 0 spiro atoms. The summed E-state index contributed by atoms with van der Waals surface area (Å²) in [7, 11) is 0. The highest BCUT2D eigenvalue weighted by Crippen LogP contribution is 2.28. The zero-order valence-corrected chi connectivity index (χ0v) is 12.0. The first-order valence-electron chi connectivity index (χ1n) is 4.49. The van der Waals surface area contributed by atoms with Gasteiger partial charge in [0.1, 0.15) is 5.82 Å². The van der Waals surface area contributed by atoms with E-state index in [0.29, 0.717) is 5.02 Å². The van der Waals surface area contributed by atoms with Crippen LogP contribution in [-0.2, 0) is 0 Å². The number of hydrogen-bond donors (Lipinski definition) is 1. The maximum atomic E-state index is 5.92. The van der Waals surface area contributed by atoms with Crippen molar-refractivity contribution in [2.45, 2.75) is 0 Å². The highest BCUT2D eigenvalue weighted by Gasteiger charge is 2.02. The summed E-state index contributed by atoms with van der Waals surface area (Å²) >= 11 is 12.7. The molecular formula is C11H7Br2ClN2. The highest BCUT2D eigenvalue weighted by atomic mass is 79.9. The van der Waals surface area contributed by atoms with Crippen LogP contribution in [0, 0.1) is 0 Å². The fourth-order valence-corrected chi connectivity index (χ4v) is 2.04. The van der Waals surface area contributed by atoms with Crippen molar-refractivity contribution >= 4 is 55.0 Å². The van der Waals surface area contributed by atoms with E-state index in [1.165, 1.54) is 0 Å². The van der Waals surface area contributed by atoms with Crippen LogP contribution in [0.5, 0.6) is 0 Å². The fourth-order valence-electron chi connectivity index (χ4n) is 1.19. The van der Waals surface area contributed by atoms with E-state index in [2.05, 4.69) is 42.2 Å². The van der Waals surface area contributed by atoms with Crippen molar-refractivity contribution in [3.05, 3.63) is 50.5 Å². The van der Waals surface area contributed by atoms with Gasteiger partial charge in [0, 0.05) is 16.4 Å². The first-order chi connectivity index (χ1) is 7.66. The molecule has 0 unspecified atom stereocenters. The van der Waals surface area contributed by atoms with Gasteiger partial charge in [-0.1, -0.05) is 11.6 Å². The number of aromatic nitrogens is 1. The lowest BCUT2D eigenvalue weighted by Gasteiger charge is -2.07. The highest BCUT2D eigenvalue weighted by molar-refractivity contribution is 9.11. The fraction of sp³-hybridized carbons (Fsp3) is 0. The maximum absolute atomic E-state index is 5.92. The van der Waals surface area contributed by atoms with Gasteiger partial charge in [-0.15, -0.1) is 0 Å². The molecule has 2 rings (SSSR count). The lowest BCUT2D eigenvalue weighted by atomic mass is 10.3.